The molecule has 1 aromatic heterocycles. The number of ether oxygens (including phenoxy) is 1. The van der Waals surface area contributed by atoms with Crippen LogP contribution in [0.4, 0.5) is 16.3 Å². The average Bonchev–Trinajstić information content (AvgIpc) is 2.78. The molecule has 3 rings (SSSR count). The first-order chi connectivity index (χ1) is 15.4. The van der Waals surface area contributed by atoms with E-state index in [0.29, 0.717) is 25.4 Å². The Balaban J connectivity index is 1.53. The van der Waals surface area contributed by atoms with Gasteiger partial charge in [0.15, 0.2) is 0 Å². The third-order valence-electron chi connectivity index (χ3n) is 5.13. The predicted octanol–water partition coefficient (Wildman–Crippen LogP) is 3.84. The third kappa shape index (κ3) is 6.29. The summed E-state index contributed by atoms with van der Waals surface area (Å²) in [5.41, 5.74) is 2.52. The Morgan fingerprint density at radius 2 is 1.81 bits per heavy atom. The van der Waals surface area contributed by atoms with Crippen molar-refractivity contribution in [2.45, 2.75) is 33.6 Å². The Labute approximate surface area is 189 Å². The summed E-state index contributed by atoms with van der Waals surface area (Å²) in [7, 11) is 0. The molecule has 32 heavy (non-hydrogen) atoms. The molecular weight excluding hydrogens is 406 g/mol. The van der Waals surface area contributed by atoms with E-state index in [1.165, 1.54) is 6.08 Å². The lowest BCUT2D eigenvalue weighted by atomic mass is 10.2. The molecule has 2 amide bonds. The number of rotatable bonds is 6. The number of carbonyl (C=O) groups is 2. The molecule has 8 nitrogen and oxygen atoms in total. The Hall–Kier alpha value is -3.42. The molecule has 0 bridgehead atoms. The number of amides is 2. The summed E-state index contributed by atoms with van der Waals surface area (Å²) in [5, 5.41) is 2.94. The minimum Gasteiger partial charge on any atom is -0.463 e. The molecule has 0 aliphatic carbocycles. The predicted molar refractivity (Wildman–Crippen MR) is 126 cm³/mol. The number of hydrogen-bond acceptors (Lipinski definition) is 6. The fourth-order valence-electron chi connectivity index (χ4n) is 3.37. The molecule has 1 aromatic carbocycles. The zero-order valence-electron chi connectivity index (χ0n) is 19.2. The van der Waals surface area contributed by atoms with E-state index in [9.17, 15) is 9.59 Å². The minimum absolute atomic E-state index is 0.124. The summed E-state index contributed by atoms with van der Waals surface area (Å²) >= 11 is 0. The van der Waals surface area contributed by atoms with Gasteiger partial charge in [0, 0.05) is 55.6 Å². The summed E-state index contributed by atoms with van der Waals surface area (Å²) in [6, 6.07) is 9.19. The van der Waals surface area contributed by atoms with Crippen molar-refractivity contribution in [2.24, 2.45) is 0 Å². The van der Waals surface area contributed by atoms with Crippen LogP contribution in [0.5, 0.6) is 0 Å². The van der Waals surface area contributed by atoms with Crippen LogP contribution in [-0.2, 0) is 9.53 Å². The number of hydrogen-bond donors (Lipinski definition) is 1. The fourth-order valence-corrected chi connectivity index (χ4v) is 3.37. The first kappa shape index (κ1) is 23.2. The van der Waals surface area contributed by atoms with Crippen molar-refractivity contribution in [3.05, 3.63) is 53.5 Å². The van der Waals surface area contributed by atoms with Crippen molar-refractivity contribution in [1.29, 1.82) is 0 Å². The van der Waals surface area contributed by atoms with E-state index in [1.807, 2.05) is 42.2 Å². The molecule has 170 valence electrons. The van der Waals surface area contributed by atoms with Gasteiger partial charge in [-0.1, -0.05) is 26.0 Å². The highest BCUT2D eigenvalue weighted by atomic mass is 16.5. The van der Waals surface area contributed by atoms with E-state index >= 15 is 0 Å². The second-order valence-electron chi connectivity index (χ2n) is 7.99. The van der Waals surface area contributed by atoms with Crippen LogP contribution < -0.4 is 10.2 Å². The largest absolute Gasteiger partial charge is 0.463 e. The van der Waals surface area contributed by atoms with E-state index in [0.717, 1.165) is 36.0 Å². The summed E-state index contributed by atoms with van der Waals surface area (Å²) in [6.45, 7) is 11.0. The Bertz CT molecular complexity index is 964. The number of aryl methyl sites for hydroxylation is 1. The van der Waals surface area contributed by atoms with Crippen LogP contribution in [0.3, 0.4) is 0 Å². The molecule has 2 aromatic rings. The van der Waals surface area contributed by atoms with Gasteiger partial charge >= 0.3 is 12.0 Å². The minimum atomic E-state index is -0.374. The van der Waals surface area contributed by atoms with Crippen molar-refractivity contribution < 1.29 is 14.3 Å². The zero-order valence-corrected chi connectivity index (χ0v) is 19.2. The lowest BCUT2D eigenvalue weighted by Gasteiger charge is -2.35. The van der Waals surface area contributed by atoms with Crippen molar-refractivity contribution >= 4 is 29.6 Å². The normalized spacial score (nSPS) is 14.2. The smallest absolute Gasteiger partial charge is 0.330 e. The van der Waals surface area contributed by atoms with Gasteiger partial charge in [0.05, 0.1) is 6.61 Å². The van der Waals surface area contributed by atoms with Crippen molar-refractivity contribution in [3.8, 4) is 0 Å². The van der Waals surface area contributed by atoms with E-state index in [-0.39, 0.29) is 17.9 Å². The highest BCUT2D eigenvalue weighted by molar-refractivity contribution is 5.90. The molecule has 8 heteroatoms. The molecule has 1 aliphatic heterocycles. The molecule has 1 aliphatic rings. The van der Waals surface area contributed by atoms with Gasteiger partial charge in [0.25, 0.3) is 0 Å². The molecule has 1 saturated heterocycles. The number of benzene rings is 1. The van der Waals surface area contributed by atoms with E-state index < -0.39 is 0 Å². The average molecular weight is 438 g/mol. The first-order valence-corrected chi connectivity index (χ1v) is 11.0. The third-order valence-corrected chi connectivity index (χ3v) is 5.13. The van der Waals surface area contributed by atoms with Crippen LogP contribution >= 0.6 is 0 Å². The number of anilines is 2. The van der Waals surface area contributed by atoms with Crippen LogP contribution in [0.2, 0.25) is 0 Å². The van der Waals surface area contributed by atoms with Crippen LogP contribution in [0, 0.1) is 6.92 Å². The topological polar surface area (TPSA) is 87.7 Å². The van der Waals surface area contributed by atoms with Gasteiger partial charge in [-0.2, -0.15) is 0 Å². The van der Waals surface area contributed by atoms with Crippen molar-refractivity contribution in [2.75, 3.05) is 43.0 Å². The maximum atomic E-state index is 12.7. The van der Waals surface area contributed by atoms with E-state index in [4.69, 9.17) is 9.72 Å². The van der Waals surface area contributed by atoms with Crippen molar-refractivity contribution in [1.82, 2.24) is 14.9 Å². The summed E-state index contributed by atoms with van der Waals surface area (Å²) in [5.74, 6) is 1.67. The second-order valence-corrected chi connectivity index (χ2v) is 7.99. The molecule has 1 fully saturated rings. The van der Waals surface area contributed by atoms with Crippen LogP contribution in [0.25, 0.3) is 6.08 Å². The number of piperazine rings is 1. The number of esters is 1. The van der Waals surface area contributed by atoms with Crippen LogP contribution in [0.15, 0.2) is 36.4 Å². The Kier molecular flexibility index (Phi) is 7.81. The maximum absolute atomic E-state index is 12.7. The van der Waals surface area contributed by atoms with E-state index in [1.54, 1.807) is 13.0 Å². The van der Waals surface area contributed by atoms with Gasteiger partial charge in [-0.15, -0.1) is 0 Å². The molecule has 0 saturated carbocycles. The highest BCUT2D eigenvalue weighted by Gasteiger charge is 2.23. The molecule has 0 atom stereocenters. The molecule has 0 unspecified atom stereocenters. The Morgan fingerprint density at radius 3 is 2.44 bits per heavy atom. The lowest BCUT2D eigenvalue weighted by Crippen LogP contribution is -2.50. The van der Waals surface area contributed by atoms with Gasteiger partial charge in [-0.3, -0.25) is 0 Å². The highest BCUT2D eigenvalue weighted by Crippen LogP contribution is 2.19. The number of aromatic nitrogens is 2. The van der Waals surface area contributed by atoms with Gasteiger partial charge < -0.3 is 19.9 Å². The maximum Gasteiger partial charge on any atom is 0.330 e. The molecule has 2 heterocycles. The van der Waals surface area contributed by atoms with Crippen LogP contribution in [0.1, 0.15) is 43.8 Å². The van der Waals surface area contributed by atoms with Gasteiger partial charge in [0.2, 0.25) is 0 Å². The number of nitrogens with zero attached hydrogens (tertiary/aromatic N) is 4. The van der Waals surface area contributed by atoms with E-state index in [2.05, 4.69) is 29.0 Å². The molecule has 1 N–H and O–H groups in total. The van der Waals surface area contributed by atoms with Gasteiger partial charge in [-0.05, 0) is 37.6 Å². The standard InChI is InChI=1S/C24H31N5O3/c1-5-32-22(30)11-8-19-6-9-20(10-7-19)26-24(31)29-14-12-28(13-15-29)21-16-18(4)25-23(27-21)17(2)3/h6-11,16-17H,5,12-15H2,1-4H3,(H,26,31)/b11-8+. The van der Waals surface area contributed by atoms with Gasteiger partial charge in [-0.25, -0.2) is 19.6 Å². The summed E-state index contributed by atoms with van der Waals surface area (Å²) < 4.78 is 4.87. The molecule has 0 spiro atoms. The lowest BCUT2D eigenvalue weighted by molar-refractivity contribution is -0.137. The van der Waals surface area contributed by atoms with Crippen LogP contribution in [-0.4, -0.2) is 59.7 Å². The summed E-state index contributed by atoms with van der Waals surface area (Å²) in [6.07, 6.45) is 3.07. The monoisotopic (exact) mass is 437 g/mol. The quantitative estimate of drug-likeness (QED) is 0.546. The SMILES string of the molecule is CCOC(=O)/C=C/c1ccc(NC(=O)N2CCN(c3cc(C)nc(C(C)C)n3)CC2)cc1. The van der Waals surface area contributed by atoms with Gasteiger partial charge in [0.1, 0.15) is 11.6 Å². The molecular formula is C24H31N5O3. The van der Waals surface area contributed by atoms with Crippen molar-refractivity contribution in [3.63, 3.8) is 0 Å². The number of carbonyl (C=O) groups excluding carboxylic acids is 2. The number of urea groups is 1. The second kappa shape index (κ2) is 10.7. The Morgan fingerprint density at radius 1 is 1.12 bits per heavy atom. The fraction of sp³-hybridized carbons (Fsp3) is 0.417. The number of nitrogens with one attached hydrogen (secondary N) is 1. The zero-order chi connectivity index (χ0) is 23.1. The first-order valence-electron chi connectivity index (χ1n) is 11.0. The summed E-state index contributed by atoms with van der Waals surface area (Å²) in [4.78, 5) is 37.3. The molecule has 0 radical (unpaired) electrons.